The molecule has 0 aliphatic carbocycles. The fourth-order valence-corrected chi connectivity index (χ4v) is 3.25. The molecule has 1 atom stereocenters. The number of aromatic nitrogens is 2. The number of likely N-dealkylation sites (tertiary alicyclic amines) is 1. The summed E-state index contributed by atoms with van der Waals surface area (Å²) < 4.78 is 5.24. The van der Waals surface area contributed by atoms with Gasteiger partial charge in [0.1, 0.15) is 17.3 Å². The van der Waals surface area contributed by atoms with E-state index in [1.165, 1.54) is 0 Å². The van der Waals surface area contributed by atoms with Crippen LogP contribution in [0, 0.1) is 6.92 Å². The molecule has 2 aromatic rings. The van der Waals surface area contributed by atoms with E-state index >= 15 is 0 Å². The highest BCUT2D eigenvalue weighted by Gasteiger charge is 2.28. The van der Waals surface area contributed by atoms with Gasteiger partial charge in [-0.3, -0.25) is 4.79 Å². The van der Waals surface area contributed by atoms with Gasteiger partial charge in [-0.1, -0.05) is 25.0 Å². The Morgan fingerprint density at radius 1 is 1.17 bits per heavy atom. The highest BCUT2D eigenvalue weighted by atomic mass is 16.5. The molecule has 5 nitrogen and oxygen atoms in total. The lowest BCUT2D eigenvalue weighted by Gasteiger charge is -2.30. The van der Waals surface area contributed by atoms with E-state index in [1.54, 1.807) is 26.3 Å². The zero-order chi connectivity index (χ0) is 16.9. The normalized spacial score (nSPS) is 18.1. The molecule has 0 saturated carbocycles. The Hall–Kier alpha value is -2.43. The number of hydrogen-bond acceptors (Lipinski definition) is 4. The topological polar surface area (TPSA) is 55.3 Å². The first kappa shape index (κ1) is 16.4. The predicted octanol–water partition coefficient (Wildman–Crippen LogP) is 3.55. The van der Waals surface area contributed by atoms with Crippen LogP contribution >= 0.6 is 0 Å². The zero-order valence-corrected chi connectivity index (χ0v) is 14.2. The van der Waals surface area contributed by atoms with E-state index < -0.39 is 0 Å². The fourth-order valence-electron chi connectivity index (χ4n) is 3.25. The SMILES string of the molecule is COc1ccc(C2CCCCCN2C(=O)c2ccnc(C)n2)cc1. The lowest BCUT2D eigenvalue weighted by atomic mass is 10.0. The largest absolute Gasteiger partial charge is 0.497 e. The minimum Gasteiger partial charge on any atom is -0.497 e. The number of benzene rings is 1. The summed E-state index contributed by atoms with van der Waals surface area (Å²) >= 11 is 0. The van der Waals surface area contributed by atoms with Crippen LogP contribution in [0.5, 0.6) is 5.75 Å². The van der Waals surface area contributed by atoms with Crippen molar-refractivity contribution in [1.82, 2.24) is 14.9 Å². The second-order valence-corrected chi connectivity index (χ2v) is 6.13. The summed E-state index contributed by atoms with van der Waals surface area (Å²) in [7, 11) is 1.66. The molecule has 1 saturated heterocycles. The van der Waals surface area contributed by atoms with Crippen LogP contribution in [0.4, 0.5) is 0 Å². The van der Waals surface area contributed by atoms with Crippen LogP contribution in [0.2, 0.25) is 0 Å². The number of nitrogens with zero attached hydrogens (tertiary/aromatic N) is 3. The molecular weight excluding hydrogens is 302 g/mol. The molecule has 2 heterocycles. The number of hydrogen-bond donors (Lipinski definition) is 0. The van der Waals surface area contributed by atoms with E-state index in [-0.39, 0.29) is 11.9 Å². The van der Waals surface area contributed by atoms with Crippen LogP contribution in [-0.2, 0) is 0 Å². The molecule has 1 aromatic carbocycles. The van der Waals surface area contributed by atoms with E-state index in [9.17, 15) is 4.79 Å². The maximum Gasteiger partial charge on any atom is 0.273 e. The smallest absolute Gasteiger partial charge is 0.273 e. The van der Waals surface area contributed by atoms with Crippen molar-refractivity contribution in [2.24, 2.45) is 0 Å². The van der Waals surface area contributed by atoms with Gasteiger partial charge < -0.3 is 9.64 Å². The lowest BCUT2D eigenvalue weighted by Crippen LogP contribution is -2.35. The maximum absolute atomic E-state index is 13.0. The minimum absolute atomic E-state index is 0.0109. The van der Waals surface area contributed by atoms with Gasteiger partial charge in [-0.25, -0.2) is 9.97 Å². The molecule has 0 bridgehead atoms. The molecule has 24 heavy (non-hydrogen) atoms. The molecule has 3 rings (SSSR count). The molecule has 0 spiro atoms. The van der Waals surface area contributed by atoms with Crippen LogP contribution < -0.4 is 4.74 Å². The number of methoxy groups -OCH3 is 1. The summed E-state index contributed by atoms with van der Waals surface area (Å²) in [6.07, 6.45) is 5.93. The van der Waals surface area contributed by atoms with Gasteiger partial charge in [0.05, 0.1) is 13.2 Å². The summed E-state index contributed by atoms with van der Waals surface area (Å²) in [6.45, 7) is 2.57. The van der Waals surface area contributed by atoms with Crippen molar-refractivity contribution in [1.29, 1.82) is 0 Å². The minimum atomic E-state index is -0.0109. The third kappa shape index (κ3) is 3.55. The van der Waals surface area contributed by atoms with Crippen LogP contribution in [0.25, 0.3) is 0 Å². The Kier molecular flexibility index (Phi) is 5.08. The van der Waals surface area contributed by atoms with Crippen LogP contribution in [0.15, 0.2) is 36.5 Å². The Labute approximate surface area is 142 Å². The molecule has 5 heteroatoms. The molecule has 126 valence electrons. The van der Waals surface area contributed by atoms with Crippen molar-refractivity contribution >= 4 is 5.91 Å². The summed E-state index contributed by atoms with van der Waals surface area (Å²) in [5.74, 6) is 1.44. The van der Waals surface area contributed by atoms with Crippen molar-refractivity contribution in [3.8, 4) is 5.75 Å². The van der Waals surface area contributed by atoms with E-state index in [1.807, 2.05) is 17.0 Å². The number of rotatable bonds is 3. The highest BCUT2D eigenvalue weighted by molar-refractivity contribution is 5.92. The Balaban J connectivity index is 1.90. The van der Waals surface area contributed by atoms with Crippen molar-refractivity contribution in [3.05, 3.63) is 53.6 Å². The number of ether oxygens (including phenoxy) is 1. The second kappa shape index (κ2) is 7.43. The molecule has 1 aromatic heterocycles. The third-order valence-corrected chi connectivity index (χ3v) is 4.51. The highest BCUT2D eigenvalue weighted by Crippen LogP contribution is 2.32. The van der Waals surface area contributed by atoms with Crippen molar-refractivity contribution in [2.45, 2.75) is 38.6 Å². The van der Waals surface area contributed by atoms with Gasteiger partial charge in [0.2, 0.25) is 0 Å². The van der Waals surface area contributed by atoms with Gasteiger partial charge in [-0.2, -0.15) is 0 Å². The molecule has 0 radical (unpaired) electrons. The first-order valence-corrected chi connectivity index (χ1v) is 8.43. The zero-order valence-electron chi connectivity index (χ0n) is 14.2. The molecule has 1 fully saturated rings. The number of amides is 1. The average Bonchev–Trinajstić information content (AvgIpc) is 2.87. The van der Waals surface area contributed by atoms with E-state index in [0.29, 0.717) is 11.5 Å². The van der Waals surface area contributed by atoms with Crippen molar-refractivity contribution < 1.29 is 9.53 Å². The van der Waals surface area contributed by atoms with Gasteiger partial charge in [-0.05, 0) is 43.5 Å². The quantitative estimate of drug-likeness (QED) is 0.866. The lowest BCUT2D eigenvalue weighted by molar-refractivity contribution is 0.0674. The number of carbonyl (C=O) groups is 1. The molecular formula is C19H23N3O2. The summed E-state index contributed by atoms with van der Waals surface area (Å²) in [6, 6.07) is 9.81. The molecule has 1 unspecified atom stereocenters. The van der Waals surface area contributed by atoms with Crippen LogP contribution in [-0.4, -0.2) is 34.4 Å². The Morgan fingerprint density at radius 2 is 1.96 bits per heavy atom. The molecule has 1 amide bonds. The van der Waals surface area contributed by atoms with E-state index in [2.05, 4.69) is 22.1 Å². The monoisotopic (exact) mass is 325 g/mol. The first-order chi connectivity index (χ1) is 11.7. The van der Waals surface area contributed by atoms with Crippen molar-refractivity contribution in [3.63, 3.8) is 0 Å². The summed E-state index contributed by atoms with van der Waals surface area (Å²) in [4.78, 5) is 23.4. The number of aryl methyl sites for hydroxylation is 1. The van der Waals surface area contributed by atoms with Gasteiger partial charge in [-0.15, -0.1) is 0 Å². The Bertz CT molecular complexity index is 700. The number of carbonyl (C=O) groups excluding carboxylic acids is 1. The molecule has 1 aliphatic rings. The standard InChI is InChI=1S/C19H23N3O2/c1-14-20-12-11-17(21-14)19(23)22-13-5-3-4-6-18(22)15-7-9-16(24-2)10-8-15/h7-12,18H,3-6,13H2,1-2H3. The molecule has 0 N–H and O–H groups in total. The van der Waals surface area contributed by atoms with E-state index in [0.717, 1.165) is 43.5 Å². The van der Waals surface area contributed by atoms with Crippen LogP contribution in [0.1, 0.15) is 53.6 Å². The summed E-state index contributed by atoms with van der Waals surface area (Å²) in [5.41, 5.74) is 1.62. The van der Waals surface area contributed by atoms with Gasteiger partial charge in [0, 0.05) is 12.7 Å². The van der Waals surface area contributed by atoms with Gasteiger partial charge in [0.15, 0.2) is 0 Å². The summed E-state index contributed by atoms with van der Waals surface area (Å²) in [5, 5.41) is 0. The van der Waals surface area contributed by atoms with Crippen molar-refractivity contribution in [2.75, 3.05) is 13.7 Å². The Morgan fingerprint density at radius 3 is 2.67 bits per heavy atom. The average molecular weight is 325 g/mol. The third-order valence-electron chi connectivity index (χ3n) is 4.51. The van der Waals surface area contributed by atoms with Gasteiger partial charge in [0.25, 0.3) is 5.91 Å². The second-order valence-electron chi connectivity index (χ2n) is 6.13. The fraction of sp³-hybridized carbons (Fsp3) is 0.421. The predicted molar refractivity (Wildman–Crippen MR) is 92.0 cm³/mol. The molecule has 1 aliphatic heterocycles. The maximum atomic E-state index is 13.0. The van der Waals surface area contributed by atoms with Crippen LogP contribution in [0.3, 0.4) is 0 Å². The van der Waals surface area contributed by atoms with Gasteiger partial charge >= 0.3 is 0 Å². The van der Waals surface area contributed by atoms with E-state index in [4.69, 9.17) is 4.74 Å². The first-order valence-electron chi connectivity index (χ1n) is 8.43.